The summed E-state index contributed by atoms with van der Waals surface area (Å²) in [4.78, 5) is 8.59. The van der Waals surface area contributed by atoms with Crippen molar-refractivity contribution in [3.05, 3.63) is 18.1 Å². The molecule has 0 amide bonds. The summed E-state index contributed by atoms with van der Waals surface area (Å²) >= 11 is 0. The van der Waals surface area contributed by atoms with Crippen molar-refractivity contribution in [2.75, 3.05) is 11.9 Å². The van der Waals surface area contributed by atoms with E-state index in [1.165, 1.54) is 12.8 Å². The van der Waals surface area contributed by atoms with Crippen molar-refractivity contribution in [3.8, 4) is 0 Å². The second-order valence-corrected chi connectivity index (χ2v) is 3.13. The molecule has 1 saturated carbocycles. The van der Waals surface area contributed by atoms with E-state index >= 15 is 0 Å². The molecule has 2 rings (SSSR count). The van der Waals surface area contributed by atoms with E-state index in [0.29, 0.717) is 5.92 Å². The Hall–Kier alpha value is -1.12. The molecule has 1 aliphatic rings. The number of hydrogen-bond donors (Lipinski definition) is 1. The van der Waals surface area contributed by atoms with Gasteiger partial charge in [0.05, 0.1) is 11.9 Å². The van der Waals surface area contributed by atoms with Crippen LogP contribution < -0.4 is 5.32 Å². The normalized spacial score (nSPS) is 16.1. The third-order valence-electron chi connectivity index (χ3n) is 2.01. The number of hydrogen-bond acceptors (Lipinski definition) is 3. The fraction of sp³-hybridized carbons (Fsp3) is 0.556. The predicted molar refractivity (Wildman–Crippen MR) is 48.2 cm³/mol. The summed E-state index contributed by atoms with van der Waals surface area (Å²) in [5.41, 5.74) is 1.15. The first-order valence-corrected chi connectivity index (χ1v) is 4.46. The maximum Gasteiger partial charge on any atom is 0.144 e. The fourth-order valence-corrected chi connectivity index (χ4v) is 1.22. The molecule has 0 atom stereocenters. The summed E-state index contributed by atoms with van der Waals surface area (Å²) in [5.74, 6) is 1.60. The van der Waals surface area contributed by atoms with E-state index in [1.807, 2.05) is 6.20 Å². The lowest BCUT2D eigenvalue weighted by molar-refractivity contribution is 0.980. The van der Waals surface area contributed by atoms with Gasteiger partial charge >= 0.3 is 0 Å². The number of anilines is 1. The van der Waals surface area contributed by atoms with E-state index in [1.54, 1.807) is 6.20 Å². The molecular formula is C9H13N3. The maximum atomic E-state index is 4.45. The van der Waals surface area contributed by atoms with Gasteiger partial charge < -0.3 is 5.32 Å². The lowest BCUT2D eigenvalue weighted by Crippen LogP contribution is -2.01. The molecule has 1 fully saturated rings. The van der Waals surface area contributed by atoms with Crippen molar-refractivity contribution in [3.63, 3.8) is 0 Å². The Morgan fingerprint density at radius 1 is 1.50 bits per heavy atom. The summed E-state index contributed by atoms with van der Waals surface area (Å²) in [6.45, 7) is 2.97. The lowest BCUT2D eigenvalue weighted by Gasteiger charge is -2.02. The van der Waals surface area contributed by atoms with Crippen molar-refractivity contribution in [1.82, 2.24) is 9.97 Å². The highest BCUT2D eigenvalue weighted by atomic mass is 15.0. The highest BCUT2D eigenvalue weighted by Gasteiger charge is 2.25. The smallest absolute Gasteiger partial charge is 0.144 e. The molecule has 64 valence electrons. The molecule has 1 N–H and O–H groups in total. The van der Waals surface area contributed by atoms with E-state index in [-0.39, 0.29) is 0 Å². The largest absolute Gasteiger partial charge is 0.369 e. The maximum absolute atomic E-state index is 4.45. The van der Waals surface area contributed by atoms with Crippen molar-refractivity contribution in [2.45, 2.75) is 25.7 Å². The standard InChI is InChI=1S/C9H13N3/c1-2-11-9-6-10-5-8(12-9)7-3-4-7/h5-7H,2-4H2,1H3,(H,11,12). The van der Waals surface area contributed by atoms with Gasteiger partial charge in [-0.25, -0.2) is 4.98 Å². The highest BCUT2D eigenvalue weighted by Crippen LogP contribution is 2.38. The molecule has 0 bridgehead atoms. The number of aromatic nitrogens is 2. The van der Waals surface area contributed by atoms with Crippen LogP contribution in [0.25, 0.3) is 0 Å². The van der Waals surface area contributed by atoms with Gasteiger partial charge in [-0.1, -0.05) is 0 Å². The van der Waals surface area contributed by atoms with Crippen LogP contribution in [0.5, 0.6) is 0 Å². The quantitative estimate of drug-likeness (QED) is 0.738. The molecule has 1 heterocycles. The Morgan fingerprint density at radius 2 is 2.33 bits per heavy atom. The molecular weight excluding hydrogens is 150 g/mol. The first-order valence-electron chi connectivity index (χ1n) is 4.46. The molecule has 1 aromatic rings. The summed E-state index contributed by atoms with van der Waals surface area (Å²) in [7, 11) is 0. The molecule has 1 aromatic heterocycles. The molecule has 3 nitrogen and oxygen atoms in total. The molecule has 0 saturated heterocycles. The SMILES string of the molecule is CCNc1cncc(C2CC2)n1. The van der Waals surface area contributed by atoms with E-state index in [9.17, 15) is 0 Å². The van der Waals surface area contributed by atoms with Crippen molar-refractivity contribution < 1.29 is 0 Å². The molecule has 12 heavy (non-hydrogen) atoms. The zero-order chi connectivity index (χ0) is 8.39. The van der Waals surface area contributed by atoms with Crippen LogP contribution in [-0.4, -0.2) is 16.5 Å². The zero-order valence-electron chi connectivity index (χ0n) is 7.25. The molecule has 0 radical (unpaired) electrons. The van der Waals surface area contributed by atoms with Crippen LogP contribution in [-0.2, 0) is 0 Å². The minimum absolute atomic E-state index is 0.691. The minimum atomic E-state index is 0.691. The summed E-state index contributed by atoms with van der Waals surface area (Å²) < 4.78 is 0. The van der Waals surface area contributed by atoms with Crippen LogP contribution in [0.1, 0.15) is 31.4 Å². The van der Waals surface area contributed by atoms with Gasteiger partial charge in [0.15, 0.2) is 0 Å². The van der Waals surface area contributed by atoms with Gasteiger partial charge in [0.25, 0.3) is 0 Å². The fourth-order valence-electron chi connectivity index (χ4n) is 1.22. The molecule has 0 aliphatic heterocycles. The first-order chi connectivity index (χ1) is 5.90. The summed E-state index contributed by atoms with van der Waals surface area (Å²) in [6.07, 6.45) is 6.21. The molecule has 0 spiro atoms. The van der Waals surface area contributed by atoms with Gasteiger partial charge in [-0.2, -0.15) is 0 Å². The Balaban J connectivity index is 2.15. The topological polar surface area (TPSA) is 37.8 Å². The van der Waals surface area contributed by atoms with Crippen molar-refractivity contribution in [1.29, 1.82) is 0 Å². The van der Waals surface area contributed by atoms with E-state index in [2.05, 4.69) is 22.2 Å². The lowest BCUT2D eigenvalue weighted by atomic mass is 10.3. The Bertz CT molecular complexity index is 268. The van der Waals surface area contributed by atoms with Crippen LogP contribution in [0.2, 0.25) is 0 Å². The average Bonchev–Trinajstić information content (AvgIpc) is 2.88. The van der Waals surface area contributed by atoms with Crippen molar-refractivity contribution in [2.24, 2.45) is 0 Å². The van der Waals surface area contributed by atoms with Gasteiger partial charge in [0, 0.05) is 18.7 Å². The predicted octanol–water partition coefficient (Wildman–Crippen LogP) is 1.79. The van der Waals surface area contributed by atoms with Crippen LogP contribution in [0.4, 0.5) is 5.82 Å². The minimum Gasteiger partial charge on any atom is -0.369 e. The van der Waals surface area contributed by atoms with Crippen molar-refractivity contribution >= 4 is 5.82 Å². The molecule has 3 heteroatoms. The van der Waals surface area contributed by atoms with Gasteiger partial charge in [-0.3, -0.25) is 4.98 Å². The van der Waals surface area contributed by atoms with Crippen LogP contribution in [0.15, 0.2) is 12.4 Å². The first kappa shape index (κ1) is 7.53. The molecule has 1 aliphatic carbocycles. The van der Waals surface area contributed by atoms with Gasteiger partial charge in [0.1, 0.15) is 5.82 Å². The van der Waals surface area contributed by atoms with Crippen LogP contribution >= 0.6 is 0 Å². The third kappa shape index (κ3) is 1.55. The monoisotopic (exact) mass is 163 g/mol. The Labute approximate surface area is 72.2 Å². The number of nitrogens with zero attached hydrogens (tertiary/aromatic N) is 2. The average molecular weight is 163 g/mol. The third-order valence-corrected chi connectivity index (χ3v) is 2.01. The van der Waals surface area contributed by atoms with E-state index in [4.69, 9.17) is 0 Å². The number of nitrogens with one attached hydrogen (secondary N) is 1. The highest BCUT2D eigenvalue weighted by molar-refractivity contribution is 5.32. The summed E-state index contributed by atoms with van der Waals surface area (Å²) in [5, 5.41) is 3.16. The zero-order valence-corrected chi connectivity index (χ0v) is 7.25. The second kappa shape index (κ2) is 3.09. The van der Waals surface area contributed by atoms with Gasteiger partial charge in [-0.05, 0) is 19.8 Å². The second-order valence-electron chi connectivity index (χ2n) is 3.13. The van der Waals surface area contributed by atoms with Crippen LogP contribution in [0.3, 0.4) is 0 Å². The Kier molecular flexibility index (Phi) is 1.94. The van der Waals surface area contributed by atoms with Gasteiger partial charge in [0.2, 0.25) is 0 Å². The van der Waals surface area contributed by atoms with E-state index in [0.717, 1.165) is 18.1 Å². The van der Waals surface area contributed by atoms with E-state index < -0.39 is 0 Å². The Morgan fingerprint density at radius 3 is 3.00 bits per heavy atom. The van der Waals surface area contributed by atoms with Crippen LogP contribution in [0, 0.1) is 0 Å². The molecule has 0 aromatic carbocycles. The van der Waals surface area contributed by atoms with Gasteiger partial charge in [-0.15, -0.1) is 0 Å². The summed E-state index contributed by atoms with van der Waals surface area (Å²) in [6, 6.07) is 0. The number of rotatable bonds is 3. The molecule has 0 unspecified atom stereocenters.